The predicted molar refractivity (Wildman–Crippen MR) is 87.7 cm³/mol. The molecule has 21 heavy (non-hydrogen) atoms. The molecule has 5 nitrogen and oxygen atoms in total. The Morgan fingerprint density at radius 3 is 2.71 bits per heavy atom. The van der Waals surface area contributed by atoms with Crippen molar-refractivity contribution in [3.05, 3.63) is 41.4 Å². The van der Waals surface area contributed by atoms with Crippen molar-refractivity contribution in [2.24, 2.45) is 0 Å². The molecule has 1 aromatic heterocycles. The number of nitrogens with zero attached hydrogens (tertiary/aromatic N) is 1. The lowest BCUT2D eigenvalue weighted by molar-refractivity contribution is -0.114. The number of aromatic nitrogens is 1. The number of hydrogen-bond acceptors (Lipinski definition) is 5. The number of thioether (sulfide) groups is 1. The van der Waals surface area contributed by atoms with E-state index in [0.717, 1.165) is 11.4 Å². The fourth-order valence-electron chi connectivity index (χ4n) is 1.55. The normalized spacial score (nSPS) is 10.1. The minimum absolute atomic E-state index is 0.0384. The summed E-state index contributed by atoms with van der Waals surface area (Å²) in [4.78, 5) is 26.9. The molecule has 0 unspecified atom stereocenters. The molecule has 0 saturated carbocycles. The first-order valence-electron chi connectivity index (χ1n) is 6.28. The Morgan fingerprint density at radius 1 is 1.24 bits per heavy atom. The summed E-state index contributed by atoms with van der Waals surface area (Å²) in [5.74, 6) is 0.828. The molecule has 110 valence electrons. The molecule has 0 aliphatic heterocycles. The maximum Gasteiger partial charge on any atom is 0.234 e. The number of amides is 2. The van der Waals surface area contributed by atoms with Gasteiger partial charge < -0.3 is 10.6 Å². The molecule has 0 spiro atoms. The van der Waals surface area contributed by atoms with Crippen LogP contribution < -0.4 is 10.6 Å². The van der Waals surface area contributed by atoms with Crippen LogP contribution in [0.4, 0.5) is 10.8 Å². The number of thiazole rings is 1. The zero-order valence-electron chi connectivity index (χ0n) is 11.5. The van der Waals surface area contributed by atoms with Gasteiger partial charge in [0.1, 0.15) is 0 Å². The largest absolute Gasteiger partial charge is 0.325 e. The van der Waals surface area contributed by atoms with Crippen molar-refractivity contribution < 1.29 is 9.59 Å². The zero-order chi connectivity index (χ0) is 15.1. The van der Waals surface area contributed by atoms with Crippen LogP contribution in [0.3, 0.4) is 0 Å². The molecular formula is C14H15N3O2S2. The number of nitrogens with one attached hydrogen (secondary N) is 2. The number of anilines is 2. The van der Waals surface area contributed by atoms with Crippen LogP contribution in [-0.2, 0) is 15.3 Å². The van der Waals surface area contributed by atoms with Crippen LogP contribution in [-0.4, -0.2) is 22.6 Å². The SMILES string of the molecule is CC(=O)Nc1nc(CSCC(=O)Nc2ccccc2)cs1. The van der Waals surface area contributed by atoms with Crippen LogP contribution in [0, 0.1) is 0 Å². The predicted octanol–water partition coefficient (Wildman–Crippen LogP) is 2.97. The second-order valence-electron chi connectivity index (χ2n) is 4.23. The fourth-order valence-corrected chi connectivity index (χ4v) is 3.13. The molecule has 0 fully saturated rings. The van der Waals surface area contributed by atoms with Gasteiger partial charge in [0.15, 0.2) is 5.13 Å². The zero-order valence-corrected chi connectivity index (χ0v) is 13.1. The van der Waals surface area contributed by atoms with Gasteiger partial charge in [-0.2, -0.15) is 0 Å². The molecule has 0 atom stereocenters. The molecule has 2 N–H and O–H groups in total. The smallest absolute Gasteiger partial charge is 0.234 e. The summed E-state index contributed by atoms with van der Waals surface area (Å²) < 4.78 is 0. The average molecular weight is 321 g/mol. The highest BCUT2D eigenvalue weighted by atomic mass is 32.2. The summed E-state index contributed by atoms with van der Waals surface area (Å²) in [5, 5.41) is 7.93. The van der Waals surface area contributed by atoms with Gasteiger partial charge >= 0.3 is 0 Å². The van der Waals surface area contributed by atoms with E-state index in [9.17, 15) is 9.59 Å². The Balaban J connectivity index is 1.72. The molecule has 0 radical (unpaired) electrons. The van der Waals surface area contributed by atoms with Gasteiger partial charge in [-0.05, 0) is 12.1 Å². The van der Waals surface area contributed by atoms with Crippen LogP contribution in [0.1, 0.15) is 12.6 Å². The Labute approximate surface area is 131 Å². The highest BCUT2D eigenvalue weighted by Gasteiger charge is 2.06. The van der Waals surface area contributed by atoms with Gasteiger partial charge in [0.05, 0.1) is 11.4 Å². The highest BCUT2D eigenvalue weighted by Crippen LogP contribution is 2.19. The molecule has 2 amide bonds. The summed E-state index contributed by atoms with van der Waals surface area (Å²) in [7, 11) is 0. The monoisotopic (exact) mass is 321 g/mol. The number of rotatable bonds is 6. The maximum atomic E-state index is 11.7. The minimum atomic E-state index is -0.134. The molecule has 0 aliphatic carbocycles. The third-order valence-electron chi connectivity index (χ3n) is 2.38. The van der Waals surface area contributed by atoms with E-state index in [-0.39, 0.29) is 11.8 Å². The Kier molecular flexibility index (Phi) is 5.77. The molecule has 0 saturated heterocycles. The Bertz CT molecular complexity index is 614. The van der Waals surface area contributed by atoms with Gasteiger partial charge in [-0.25, -0.2) is 4.98 Å². The lowest BCUT2D eigenvalue weighted by Crippen LogP contribution is -2.14. The number of benzene rings is 1. The average Bonchev–Trinajstić information content (AvgIpc) is 2.86. The molecule has 1 heterocycles. The summed E-state index contributed by atoms with van der Waals surface area (Å²) in [6.45, 7) is 1.45. The molecule has 7 heteroatoms. The fraction of sp³-hybridized carbons (Fsp3) is 0.214. The van der Waals surface area contributed by atoms with E-state index < -0.39 is 0 Å². The molecular weight excluding hydrogens is 306 g/mol. The van der Waals surface area contributed by atoms with Gasteiger partial charge in [-0.15, -0.1) is 23.1 Å². The van der Waals surface area contributed by atoms with Crippen molar-refractivity contribution in [1.82, 2.24) is 4.98 Å². The molecule has 0 aliphatic rings. The summed E-state index contributed by atoms with van der Waals surface area (Å²) in [6.07, 6.45) is 0. The third kappa shape index (κ3) is 5.57. The van der Waals surface area contributed by atoms with E-state index in [1.165, 1.54) is 30.0 Å². The van der Waals surface area contributed by atoms with Crippen LogP contribution in [0.2, 0.25) is 0 Å². The lowest BCUT2D eigenvalue weighted by Gasteiger charge is -2.04. The second kappa shape index (κ2) is 7.80. The number of carbonyl (C=O) groups is 2. The molecule has 1 aromatic carbocycles. The first-order chi connectivity index (χ1) is 10.1. The van der Waals surface area contributed by atoms with E-state index in [1.807, 2.05) is 35.7 Å². The van der Waals surface area contributed by atoms with Gasteiger partial charge in [0.25, 0.3) is 0 Å². The summed E-state index contributed by atoms with van der Waals surface area (Å²) >= 11 is 2.87. The van der Waals surface area contributed by atoms with Crippen LogP contribution in [0.15, 0.2) is 35.7 Å². The summed E-state index contributed by atoms with van der Waals surface area (Å²) in [5.41, 5.74) is 1.66. The van der Waals surface area contributed by atoms with E-state index in [2.05, 4.69) is 15.6 Å². The molecule has 2 rings (SSSR count). The second-order valence-corrected chi connectivity index (χ2v) is 6.08. The van der Waals surface area contributed by atoms with Gasteiger partial charge in [-0.3, -0.25) is 9.59 Å². The van der Waals surface area contributed by atoms with Gasteiger partial charge in [-0.1, -0.05) is 18.2 Å². The highest BCUT2D eigenvalue weighted by molar-refractivity contribution is 7.99. The van der Waals surface area contributed by atoms with E-state index in [0.29, 0.717) is 16.6 Å². The number of para-hydroxylation sites is 1. The standard InChI is InChI=1S/C14H15N3O2S2/c1-10(18)15-14-17-12(8-21-14)7-20-9-13(19)16-11-5-3-2-4-6-11/h2-6,8H,7,9H2,1H3,(H,16,19)(H,15,17,18). The Morgan fingerprint density at radius 2 is 2.00 bits per heavy atom. The van der Waals surface area contributed by atoms with E-state index in [4.69, 9.17) is 0 Å². The van der Waals surface area contributed by atoms with Crippen LogP contribution >= 0.6 is 23.1 Å². The van der Waals surface area contributed by atoms with Crippen molar-refractivity contribution in [2.75, 3.05) is 16.4 Å². The number of carbonyl (C=O) groups excluding carboxylic acids is 2. The maximum absolute atomic E-state index is 11.7. The van der Waals surface area contributed by atoms with Crippen molar-refractivity contribution in [2.45, 2.75) is 12.7 Å². The van der Waals surface area contributed by atoms with Crippen molar-refractivity contribution >= 4 is 45.7 Å². The first-order valence-corrected chi connectivity index (χ1v) is 8.31. The third-order valence-corrected chi connectivity index (χ3v) is 4.15. The van der Waals surface area contributed by atoms with Crippen LogP contribution in [0.5, 0.6) is 0 Å². The molecule has 0 bridgehead atoms. The van der Waals surface area contributed by atoms with Crippen LogP contribution in [0.25, 0.3) is 0 Å². The minimum Gasteiger partial charge on any atom is -0.325 e. The van der Waals surface area contributed by atoms with Crippen molar-refractivity contribution in [3.8, 4) is 0 Å². The summed E-state index contributed by atoms with van der Waals surface area (Å²) in [6, 6.07) is 9.36. The van der Waals surface area contributed by atoms with E-state index in [1.54, 1.807) is 0 Å². The molecule has 2 aromatic rings. The van der Waals surface area contributed by atoms with Crippen molar-refractivity contribution in [3.63, 3.8) is 0 Å². The quantitative estimate of drug-likeness (QED) is 0.858. The lowest BCUT2D eigenvalue weighted by atomic mass is 10.3. The Hall–Kier alpha value is -1.86. The van der Waals surface area contributed by atoms with Crippen molar-refractivity contribution in [1.29, 1.82) is 0 Å². The number of hydrogen-bond donors (Lipinski definition) is 2. The van der Waals surface area contributed by atoms with Gasteiger partial charge in [0, 0.05) is 23.7 Å². The first kappa shape index (κ1) is 15.5. The van der Waals surface area contributed by atoms with E-state index >= 15 is 0 Å². The topological polar surface area (TPSA) is 71.1 Å². The van der Waals surface area contributed by atoms with Gasteiger partial charge in [0.2, 0.25) is 11.8 Å².